The van der Waals surface area contributed by atoms with Crippen molar-refractivity contribution in [3.8, 4) is 11.6 Å². The highest BCUT2D eigenvalue weighted by atomic mass is 16.5. The third-order valence-electron chi connectivity index (χ3n) is 3.05. The topological polar surface area (TPSA) is 48.1 Å². The van der Waals surface area contributed by atoms with E-state index in [9.17, 15) is 0 Å². The molecule has 0 aliphatic rings. The lowest BCUT2D eigenvalue weighted by atomic mass is 10.0. The van der Waals surface area contributed by atoms with Crippen LogP contribution in [0.2, 0.25) is 0 Å². The first kappa shape index (κ1) is 13.6. The Hall–Kier alpha value is -1.87. The molecule has 0 saturated carbocycles. The fourth-order valence-electron chi connectivity index (χ4n) is 1.76. The smallest absolute Gasteiger partial charge is 0.219 e. The molecule has 1 atom stereocenters. The molecular formula is C16H20N2O. The van der Waals surface area contributed by atoms with Gasteiger partial charge in [-0.25, -0.2) is 4.98 Å². The van der Waals surface area contributed by atoms with Crippen LogP contribution in [0, 0.1) is 0 Å². The van der Waals surface area contributed by atoms with Crippen LogP contribution in [0.25, 0.3) is 0 Å². The molecule has 2 aromatic rings. The Bertz CT molecular complexity index is 466. The quantitative estimate of drug-likeness (QED) is 0.898. The largest absolute Gasteiger partial charge is 0.439 e. The van der Waals surface area contributed by atoms with Crippen LogP contribution in [0.4, 0.5) is 0 Å². The second-order valence-corrected chi connectivity index (χ2v) is 5.04. The first-order valence-corrected chi connectivity index (χ1v) is 6.55. The molecule has 0 aliphatic heterocycles. The highest BCUT2D eigenvalue weighted by Gasteiger charge is 2.03. The average Bonchev–Trinajstić information content (AvgIpc) is 2.40. The summed E-state index contributed by atoms with van der Waals surface area (Å²) in [5.74, 6) is 1.91. The van der Waals surface area contributed by atoms with Crippen molar-refractivity contribution < 1.29 is 4.74 Å². The molecule has 1 unspecified atom stereocenters. The second kappa shape index (κ2) is 5.85. The molecule has 0 spiro atoms. The Balaban J connectivity index is 2.08. The zero-order chi connectivity index (χ0) is 13.8. The normalized spacial score (nSPS) is 12.5. The fourth-order valence-corrected chi connectivity index (χ4v) is 1.76. The van der Waals surface area contributed by atoms with Crippen molar-refractivity contribution in [1.82, 2.24) is 4.98 Å². The number of hydrogen-bond acceptors (Lipinski definition) is 3. The predicted octanol–water partition coefficient (Wildman–Crippen LogP) is 4.02. The van der Waals surface area contributed by atoms with Crippen molar-refractivity contribution in [2.24, 2.45) is 5.73 Å². The lowest BCUT2D eigenvalue weighted by molar-refractivity contribution is 0.462. The van der Waals surface area contributed by atoms with E-state index in [-0.39, 0.29) is 6.04 Å². The maximum Gasteiger partial charge on any atom is 0.219 e. The summed E-state index contributed by atoms with van der Waals surface area (Å²) in [5, 5.41) is 0. The van der Waals surface area contributed by atoms with E-state index in [4.69, 9.17) is 10.5 Å². The van der Waals surface area contributed by atoms with E-state index in [1.165, 1.54) is 5.56 Å². The molecule has 0 saturated heterocycles. The Kier molecular flexibility index (Phi) is 4.17. The molecule has 1 aromatic heterocycles. The van der Waals surface area contributed by atoms with Gasteiger partial charge in [-0.1, -0.05) is 32.0 Å². The lowest BCUT2D eigenvalue weighted by Crippen LogP contribution is -2.05. The van der Waals surface area contributed by atoms with Crippen LogP contribution in [0.1, 0.15) is 43.9 Å². The highest BCUT2D eigenvalue weighted by Crippen LogP contribution is 2.23. The van der Waals surface area contributed by atoms with E-state index < -0.39 is 0 Å². The minimum atomic E-state index is -0.00752. The van der Waals surface area contributed by atoms with Gasteiger partial charge in [-0.2, -0.15) is 0 Å². The summed E-state index contributed by atoms with van der Waals surface area (Å²) >= 11 is 0. The molecule has 0 amide bonds. The summed E-state index contributed by atoms with van der Waals surface area (Å²) in [7, 11) is 0. The van der Waals surface area contributed by atoms with Gasteiger partial charge in [-0.15, -0.1) is 0 Å². The zero-order valence-electron chi connectivity index (χ0n) is 11.6. The number of nitrogens with two attached hydrogens (primary N) is 1. The zero-order valence-corrected chi connectivity index (χ0v) is 11.6. The molecule has 1 aromatic carbocycles. The van der Waals surface area contributed by atoms with Gasteiger partial charge in [-0.05, 0) is 36.1 Å². The fraction of sp³-hybridized carbons (Fsp3) is 0.312. The standard InChI is InChI=1S/C16H20N2O/c1-11(2)13-4-7-15(8-5-13)19-16-9-6-14(10-18-16)12(3)17/h4-12H,17H2,1-3H3. The Morgan fingerprint density at radius 3 is 2.05 bits per heavy atom. The van der Waals surface area contributed by atoms with Gasteiger partial charge < -0.3 is 10.5 Å². The van der Waals surface area contributed by atoms with Gasteiger partial charge in [0.2, 0.25) is 5.88 Å². The SMILES string of the molecule is CC(C)c1ccc(Oc2ccc(C(C)N)cn2)cc1. The van der Waals surface area contributed by atoms with Crippen LogP contribution in [-0.2, 0) is 0 Å². The number of nitrogens with zero attached hydrogens (tertiary/aromatic N) is 1. The summed E-state index contributed by atoms with van der Waals surface area (Å²) in [5.41, 5.74) is 8.08. The molecule has 1 heterocycles. The first-order valence-electron chi connectivity index (χ1n) is 6.55. The molecule has 3 nitrogen and oxygen atoms in total. The van der Waals surface area contributed by atoms with Crippen molar-refractivity contribution in [1.29, 1.82) is 0 Å². The van der Waals surface area contributed by atoms with Crippen molar-refractivity contribution in [2.45, 2.75) is 32.7 Å². The molecule has 19 heavy (non-hydrogen) atoms. The lowest BCUT2D eigenvalue weighted by Gasteiger charge is -2.09. The summed E-state index contributed by atoms with van der Waals surface area (Å²) < 4.78 is 5.70. The van der Waals surface area contributed by atoms with Crippen molar-refractivity contribution in [3.63, 3.8) is 0 Å². The number of benzene rings is 1. The van der Waals surface area contributed by atoms with Crippen molar-refractivity contribution in [3.05, 3.63) is 53.7 Å². The third-order valence-corrected chi connectivity index (χ3v) is 3.05. The number of rotatable bonds is 4. The molecule has 0 aliphatic carbocycles. The average molecular weight is 256 g/mol. The van der Waals surface area contributed by atoms with Crippen LogP contribution < -0.4 is 10.5 Å². The van der Waals surface area contributed by atoms with Gasteiger partial charge in [-0.3, -0.25) is 0 Å². The van der Waals surface area contributed by atoms with Gasteiger partial charge in [0.15, 0.2) is 0 Å². The van der Waals surface area contributed by atoms with Crippen LogP contribution in [0.15, 0.2) is 42.6 Å². The summed E-state index contributed by atoms with van der Waals surface area (Å²) in [6.07, 6.45) is 1.75. The molecular weight excluding hydrogens is 236 g/mol. The minimum Gasteiger partial charge on any atom is -0.439 e. The predicted molar refractivity (Wildman–Crippen MR) is 77.4 cm³/mol. The second-order valence-electron chi connectivity index (χ2n) is 5.04. The Labute approximate surface area is 114 Å². The van der Waals surface area contributed by atoms with Crippen LogP contribution >= 0.6 is 0 Å². The van der Waals surface area contributed by atoms with Crippen molar-refractivity contribution >= 4 is 0 Å². The van der Waals surface area contributed by atoms with E-state index in [1.807, 2.05) is 31.2 Å². The number of aromatic nitrogens is 1. The minimum absolute atomic E-state index is 0.00752. The number of hydrogen-bond donors (Lipinski definition) is 1. The maximum atomic E-state index is 5.78. The molecule has 0 fully saturated rings. The summed E-state index contributed by atoms with van der Waals surface area (Å²) in [6, 6.07) is 11.9. The molecule has 3 heteroatoms. The van der Waals surface area contributed by atoms with E-state index >= 15 is 0 Å². The Morgan fingerprint density at radius 2 is 1.58 bits per heavy atom. The highest BCUT2D eigenvalue weighted by molar-refractivity contribution is 5.32. The molecule has 2 rings (SSSR count). The van der Waals surface area contributed by atoms with Crippen LogP contribution in [0.3, 0.4) is 0 Å². The van der Waals surface area contributed by atoms with Crippen LogP contribution in [0.5, 0.6) is 11.6 Å². The monoisotopic (exact) mass is 256 g/mol. The Morgan fingerprint density at radius 1 is 0.947 bits per heavy atom. The number of pyridine rings is 1. The summed E-state index contributed by atoms with van der Waals surface area (Å²) in [4.78, 5) is 4.25. The van der Waals surface area contributed by atoms with Gasteiger partial charge in [0.25, 0.3) is 0 Å². The van der Waals surface area contributed by atoms with Crippen LogP contribution in [-0.4, -0.2) is 4.98 Å². The molecule has 100 valence electrons. The molecule has 0 bridgehead atoms. The van der Waals surface area contributed by atoms with E-state index in [1.54, 1.807) is 6.20 Å². The summed E-state index contributed by atoms with van der Waals surface area (Å²) in [6.45, 7) is 6.27. The van der Waals surface area contributed by atoms with Gasteiger partial charge in [0, 0.05) is 18.3 Å². The molecule has 2 N–H and O–H groups in total. The van der Waals surface area contributed by atoms with E-state index in [0.717, 1.165) is 11.3 Å². The van der Waals surface area contributed by atoms with Gasteiger partial charge in [0.1, 0.15) is 5.75 Å². The van der Waals surface area contributed by atoms with Gasteiger partial charge >= 0.3 is 0 Å². The van der Waals surface area contributed by atoms with Crippen molar-refractivity contribution in [2.75, 3.05) is 0 Å². The molecule has 0 radical (unpaired) electrons. The first-order chi connectivity index (χ1) is 9.06. The van der Waals surface area contributed by atoms with E-state index in [0.29, 0.717) is 11.8 Å². The van der Waals surface area contributed by atoms with Gasteiger partial charge in [0.05, 0.1) is 0 Å². The number of ether oxygens (including phenoxy) is 1. The third kappa shape index (κ3) is 3.55. The van der Waals surface area contributed by atoms with E-state index in [2.05, 4.69) is 31.0 Å². The maximum absolute atomic E-state index is 5.78.